The van der Waals surface area contributed by atoms with Gasteiger partial charge in [-0.15, -0.1) is 0 Å². The molecule has 0 spiro atoms. The molecule has 0 saturated heterocycles. The highest BCUT2D eigenvalue weighted by molar-refractivity contribution is 5.81. The predicted molar refractivity (Wildman–Crippen MR) is 73.4 cm³/mol. The van der Waals surface area contributed by atoms with Gasteiger partial charge in [0.05, 0.1) is 12.1 Å². The van der Waals surface area contributed by atoms with Gasteiger partial charge in [-0.3, -0.25) is 4.79 Å². The molecule has 4 heteroatoms. The smallest absolute Gasteiger partial charge is 0.237 e. The van der Waals surface area contributed by atoms with Crippen molar-refractivity contribution in [3.8, 4) is 0 Å². The van der Waals surface area contributed by atoms with E-state index in [1.165, 1.54) is 0 Å². The first-order chi connectivity index (χ1) is 8.54. The summed E-state index contributed by atoms with van der Waals surface area (Å²) < 4.78 is 0. The summed E-state index contributed by atoms with van der Waals surface area (Å²) in [6.45, 7) is 6.02. The van der Waals surface area contributed by atoms with Crippen molar-refractivity contribution >= 4 is 5.91 Å². The van der Waals surface area contributed by atoms with Gasteiger partial charge in [0.25, 0.3) is 0 Å². The molecule has 1 amide bonds. The Morgan fingerprint density at radius 3 is 2.61 bits per heavy atom. The van der Waals surface area contributed by atoms with E-state index in [0.717, 1.165) is 38.5 Å². The predicted octanol–water partition coefficient (Wildman–Crippen LogP) is 1.57. The molecular formula is C14H28N2O2. The molecule has 1 rings (SSSR count). The fourth-order valence-electron chi connectivity index (χ4n) is 2.58. The number of amides is 1. The molecule has 106 valence electrons. The van der Waals surface area contributed by atoms with Crippen LogP contribution in [0.3, 0.4) is 0 Å². The van der Waals surface area contributed by atoms with Gasteiger partial charge in [0.15, 0.2) is 0 Å². The summed E-state index contributed by atoms with van der Waals surface area (Å²) >= 11 is 0. The second kappa shape index (κ2) is 7.74. The van der Waals surface area contributed by atoms with E-state index in [1.807, 2.05) is 13.8 Å². The van der Waals surface area contributed by atoms with E-state index in [4.69, 9.17) is 0 Å². The van der Waals surface area contributed by atoms with Crippen LogP contribution in [0.2, 0.25) is 0 Å². The van der Waals surface area contributed by atoms with Crippen molar-refractivity contribution in [3.63, 3.8) is 0 Å². The Hall–Kier alpha value is -0.610. The Bertz CT molecular complexity index is 258. The van der Waals surface area contributed by atoms with Crippen LogP contribution in [0, 0.1) is 0 Å². The minimum atomic E-state index is -0.304. The summed E-state index contributed by atoms with van der Waals surface area (Å²) in [5, 5.41) is 16.1. The van der Waals surface area contributed by atoms with Crippen LogP contribution in [-0.4, -0.2) is 35.2 Å². The molecule has 0 heterocycles. The normalized spacial score (nSPS) is 27.6. The van der Waals surface area contributed by atoms with Crippen LogP contribution in [0.1, 0.15) is 59.3 Å². The molecule has 1 saturated carbocycles. The first-order valence-electron chi connectivity index (χ1n) is 7.29. The molecule has 1 fully saturated rings. The Labute approximate surface area is 111 Å². The van der Waals surface area contributed by atoms with Crippen molar-refractivity contribution < 1.29 is 9.90 Å². The maximum absolute atomic E-state index is 12.0. The van der Waals surface area contributed by atoms with Gasteiger partial charge < -0.3 is 15.7 Å². The quantitative estimate of drug-likeness (QED) is 0.676. The SMILES string of the molecule is CCCC(C)NC(=O)C(C)NC1CCCCC1O. The molecule has 0 radical (unpaired) electrons. The molecule has 0 bridgehead atoms. The van der Waals surface area contributed by atoms with Crippen molar-refractivity contribution in [3.05, 3.63) is 0 Å². The van der Waals surface area contributed by atoms with Gasteiger partial charge in [-0.1, -0.05) is 26.2 Å². The summed E-state index contributed by atoms with van der Waals surface area (Å²) in [5.74, 6) is 0.0359. The topological polar surface area (TPSA) is 61.4 Å². The number of carbonyl (C=O) groups is 1. The number of nitrogens with one attached hydrogen (secondary N) is 2. The molecule has 4 atom stereocenters. The summed E-state index contributed by atoms with van der Waals surface area (Å²) in [5.41, 5.74) is 0. The van der Waals surface area contributed by atoms with Gasteiger partial charge in [0.2, 0.25) is 5.91 Å². The number of rotatable bonds is 6. The largest absolute Gasteiger partial charge is 0.392 e. The first kappa shape index (κ1) is 15.4. The number of carbonyl (C=O) groups excluding carboxylic acids is 1. The molecule has 4 nitrogen and oxygen atoms in total. The molecule has 3 N–H and O–H groups in total. The minimum Gasteiger partial charge on any atom is -0.392 e. The highest BCUT2D eigenvalue weighted by atomic mass is 16.3. The number of hydrogen-bond donors (Lipinski definition) is 3. The van der Waals surface area contributed by atoms with Gasteiger partial charge in [0.1, 0.15) is 0 Å². The van der Waals surface area contributed by atoms with Crippen molar-refractivity contribution in [2.75, 3.05) is 0 Å². The second-order valence-electron chi connectivity index (χ2n) is 5.54. The van der Waals surface area contributed by atoms with Gasteiger partial charge in [-0.05, 0) is 33.1 Å². The molecule has 0 aromatic carbocycles. The maximum Gasteiger partial charge on any atom is 0.237 e. The third-order valence-corrected chi connectivity index (χ3v) is 3.70. The lowest BCUT2D eigenvalue weighted by molar-refractivity contribution is -0.123. The van der Waals surface area contributed by atoms with Crippen LogP contribution in [-0.2, 0) is 4.79 Å². The molecule has 1 aliphatic rings. The lowest BCUT2D eigenvalue weighted by Crippen LogP contribution is -2.52. The summed E-state index contributed by atoms with van der Waals surface area (Å²) in [4.78, 5) is 12.0. The number of hydrogen-bond acceptors (Lipinski definition) is 3. The Morgan fingerprint density at radius 1 is 1.33 bits per heavy atom. The number of aliphatic hydroxyl groups is 1. The van der Waals surface area contributed by atoms with Crippen molar-refractivity contribution in [2.24, 2.45) is 0 Å². The average Bonchev–Trinajstić information content (AvgIpc) is 2.32. The third kappa shape index (κ3) is 4.94. The molecule has 0 aliphatic heterocycles. The van der Waals surface area contributed by atoms with E-state index < -0.39 is 0 Å². The average molecular weight is 256 g/mol. The van der Waals surface area contributed by atoms with Crippen molar-refractivity contribution in [2.45, 2.75) is 83.5 Å². The Kier molecular flexibility index (Phi) is 6.65. The lowest BCUT2D eigenvalue weighted by Gasteiger charge is -2.31. The van der Waals surface area contributed by atoms with Gasteiger partial charge >= 0.3 is 0 Å². The lowest BCUT2D eigenvalue weighted by atomic mass is 9.92. The molecule has 0 aromatic rings. The van der Waals surface area contributed by atoms with E-state index in [9.17, 15) is 9.90 Å². The molecular weight excluding hydrogens is 228 g/mol. The van der Waals surface area contributed by atoms with Crippen LogP contribution < -0.4 is 10.6 Å². The molecule has 18 heavy (non-hydrogen) atoms. The molecule has 0 aromatic heterocycles. The van der Waals surface area contributed by atoms with Crippen LogP contribution >= 0.6 is 0 Å². The number of aliphatic hydroxyl groups excluding tert-OH is 1. The fraction of sp³-hybridized carbons (Fsp3) is 0.929. The summed E-state index contributed by atoms with van der Waals surface area (Å²) in [7, 11) is 0. The zero-order valence-corrected chi connectivity index (χ0v) is 11.9. The monoisotopic (exact) mass is 256 g/mol. The Morgan fingerprint density at radius 2 is 2.00 bits per heavy atom. The highest BCUT2D eigenvalue weighted by Gasteiger charge is 2.26. The third-order valence-electron chi connectivity index (χ3n) is 3.70. The zero-order valence-electron chi connectivity index (χ0n) is 11.9. The van der Waals surface area contributed by atoms with Crippen molar-refractivity contribution in [1.29, 1.82) is 0 Å². The maximum atomic E-state index is 12.0. The van der Waals surface area contributed by atoms with E-state index >= 15 is 0 Å². The van der Waals surface area contributed by atoms with E-state index in [1.54, 1.807) is 0 Å². The van der Waals surface area contributed by atoms with Crippen LogP contribution in [0.15, 0.2) is 0 Å². The van der Waals surface area contributed by atoms with Crippen molar-refractivity contribution in [1.82, 2.24) is 10.6 Å². The van der Waals surface area contributed by atoms with Gasteiger partial charge in [-0.2, -0.15) is 0 Å². The summed E-state index contributed by atoms with van der Waals surface area (Å²) in [6, 6.07) is 0.0612. The zero-order chi connectivity index (χ0) is 13.5. The van der Waals surface area contributed by atoms with Crippen LogP contribution in [0.5, 0.6) is 0 Å². The second-order valence-corrected chi connectivity index (χ2v) is 5.54. The van der Waals surface area contributed by atoms with E-state index in [2.05, 4.69) is 17.6 Å². The molecule has 4 unspecified atom stereocenters. The Balaban J connectivity index is 2.34. The standard InChI is InChI=1S/C14H28N2O2/c1-4-7-10(2)15-14(18)11(3)16-12-8-5-6-9-13(12)17/h10-13,16-17H,4-9H2,1-3H3,(H,15,18). The van der Waals surface area contributed by atoms with E-state index in [0.29, 0.717) is 0 Å². The minimum absolute atomic E-state index is 0.0359. The van der Waals surface area contributed by atoms with Crippen LogP contribution in [0.25, 0.3) is 0 Å². The van der Waals surface area contributed by atoms with Gasteiger partial charge in [-0.25, -0.2) is 0 Å². The van der Waals surface area contributed by atoms with Gasteiger partial charge in [0, 0.05) is 12.1 Å². The van der Waals surface area contributed by atoms with Crippen LogP contribution in [0.4, 0.5) is 0 Å². The van der Waals surface area contributed by atoms with E-state index in [-0.39, 0.29) is 30.1 Å². The fourth-order valence-corrected chi connectivity index (χ4v) is 2.58. The molecule has 1 aliphatic carbocycles. The highest BCUT2D eigenvalue weighted by Crippen LogP contribution is 2.18. The first-order valence-corrected chi connectivity index (χ1v) is 7.29. The summed E-state index contributed by atoms with van der Waals surface area (Å²) in [6.07, 6.45) is 5.81.